The minimum Gasteiger partial charge on any atom is -0.344 e. The molecule has 0 aromatic heterocycles. The molecule has 0 saturated heterocycles. The Balaban J connectivity index is 0. The molecular formula is C25H50IN2+. The lowest BCUT2D eigenvalue weighted by Crippen LogP contribution is -2.39. The van der Waals surface area contributed by atoms with Crippen LogP contribution in [-0.4, -0.2) is 25.1 Å². The summed E-state index contributed by atoms with van der Waals surface area (Å²) in [5.74, 6) is 0. The van der Waals surface area contributed by atoms with Crippen LogP contribution in [0.25, 0.3) is 0 Å². The molecule has 0 fully saturated rings. The van der Waals surface area contributed by atoms with E-state index < -0.39 is 0 Å². The maximum atomic E-state index is 2.37. The van der Waals surface area contributed by atoms with E-state index in [9.17, 15) is 0 Å². The maximum absolute atomic E-state index is 2.37. The van der Waals surface area contributed by atoms with Gasteiger partial charge in [-0.05, 0) is 12.8 Å². The second-order valence-corrected chi connectivity index (χ2v) is 8.90. The molecule has 0 radical (unpaired) electrons. The van der Waals surface area contributed by atoms with Gasteiger partial charge in [0.25, 0.3) is 0 Å². The lowest BCUT2D eigenvalue weighted by Gasteiger charge is -2.30. The van der Waals surface area contributed by atoms with E-state index in [1.165, 1.54) is 102 Å². The number of rotatable bonds is 17. The number of hydrogen-bond acceptors (Lipinski definition) is 1. The number of quaternary nitrogens is 1. The fraction of sp³-hybridized carbons (Fsp3) is 0.760. The van der Waals surface area contributed by atoms with Gasteiger partial charge in [0, 0.05) is 5.56 Å². The van der Waals surface area contributed by atoms with Gasteiger partial charge >= 0.3 is 0 Å². The van der Waals surface area contributed by atoms with E-state index in [2.05, 4.69) is 51.4 Å². The van der Waals surface area contributed by atoms with Crippen LogP contribution in [0.15, 0.2) is 30.3 Å². The van der Waals surface area contributed by atoms with Crippen molar-refractivity contribution in [3.63, 3.8) is 0 Å². The topological polar surface area (TPSA) is 35.0 Å². The fourth-order valence-electron chi connectivity index (χ4n) is 3.89. The van der Waals surface area contributed by atoms with Crippen LogP contribution in [0.2, 0.25) is 0 Å². The normalized spacial score (nSPS) is 11.0. The first kappa shape index (κ1) is 30.1. The van der Waals surface area contributed by atoms with Gasteiger partial charge in [-0.2, -0.15) is 0 Å². The second-order valence-electron chi connectivity index (χ2n) is 8.90. The Morgan fingerprint density at radius 3 is 1.43 bits per heavy atom. The van der Waals surface area contributed by atoms with Crippen molar-refractivity contribution in [2.75, 3.05) is 20.6 Å². The van der Waals surface area contributed by atoms with Gasteiger partial charge in [0.1, 0.15) is 6.54 Å². The van der Waals surface area contributed by atoms with Crippen LogP contribution < -0.4 is 6.15 Å². The summed E-state index contributed by atoms with van der Waals surface area (Å²) in [5, 5.41) is 0. The SMILES string of the molecule is CCCCCCCCCCCCCCCC[N+](C)(C)Cc1ccccc1.I.N. The molecule has 0 aliphatic heterocycles. The molecule has 0 spiro atoms. The molecular weight excluding hydrogens is 455 g/mol. The molecule has 0 saturated carbocycles. The Bertz CT molecular complexity index is 420. The van der Waals surface area contributed by atoms with Crippen molar-refractivity contribution in [3.05, 3.63) is 35.9 Å². The van der Waals surface area contributed by atoms with Crippen molar-refractivity contribution < 1.29 is 4.48 Å². The molecule has 2 nitrogen and oxygen atoms in total. The molecule has 0 atom stereocenters. The first-order chi connectivity index (χ1) is 12.6. The lowest BCUT2D eigenvalue weighted by molar-refractivity contribution is -0.903. The highest BCUT2D eigenvalue weighted by Gasteiger charge is 2.14. The van der Waals surface area contributed by atoms with Gasteiger partial charge in [0.15, 0.2) is 0 Å². The summed E-state index contributed by atoms with van der Waals surface area (Å²) in [5.41, 5.74) is 1.46. The second kappa shape index (κ2) is 20.2. The molecule has 0 bridgehead atoms. The summed E-state index contributed by atoms with van der Waals surface area (Å²) in [7, 11) is 4.74. The quantitative estimate of drug-likeness (QED) is 0.129. The van der Waals surface area contributed by atoms with E-state index in [-0.39, 0.29) is 30.1 Å². The van der Waals surface area contributed by atoms with Crippen molar-refractivity contribution >= 4 is 24.0 Å². The van der Waals surface area contributed by atoms with E-state index in [0.717, 1.165) is 11.0 Å². The van der Waals surface area contributed by atoms with Gasteiger partial charge in [-0.3, -0.25) is 0 Å². The van der Waals surface area contributed by atoms with Crippen LogP contribution in [0.1, 0.15) is 102 Å². The predicted molar refractivity (Wildman–Crippen MR) is 138 cm³/mol. The molecule has 1 aromatic carbocycles. The first-order valence-electron chi connectivity index (χ1n) is 11.5. The van der Waals surface area contributed by atoms with Crippen molar-refractivity contribution in [2.45, 2.75) is 103 Å². The zero-order valence-corrected chi connectivity index (χ0v) is 21.6. The van der Waals surface area contributed by atoms with Gasteiger partial charge in [-0.15, -0.1) is 24.0 Å². The smallest absolute Gasteiger partial charge is 0.104 e. The van der Waals surface area contributed by atoms with Gasteiger partial charge in [0.05, 0.1) is 20.6 Å². The molecule has 0 heterocycles. The van der Waals surface area contributed by atoms with E-state index in [4.69, 9.17) is 0 Å². The summed E-state index contributed by atoms with van der Waals surface area (Å²) >= 11 is 0. The number of unbranched alkanes of at least 4 members (excludes halogenated alkanes) is 13. The maximum Gasteiger partial charge on any atom is 0.104 e. The summed E-state index contributed by atoms with van der Waals surface area (Å²) in [6, 6.07) is 10.9. The summed E-state index contributed by atoms with van der Waals surface area (Å²) in [6.45, 7) is 4.75. The highest BCUT2D eigenvalue weighted by Crippen LogP contribution is 2.14. The third-order valence-corrected chi connectivity index (χ3v) is 5.57. The fourth-order valence-corrected chi connectivity index (χ4v) is 3.89. The summed E-state index contributed by atoms with van der Waals surface area (Å²) < 4.78 is 1.11. The third-order valence-electron chi connectivity index (χ3n) is 5.57. The highest BCUT2D eigenvalue weighted by atomic mass is 127. The molecule has 0 aliphatic rings. The van der Waals surface area contributed by atoms with E-state index in [1.54, 1.807) is 0 Å². The Labute approximate surface area is 194 Å². The number of benzene rings is 1. The zero-order chi connectivity index (χ0) is 18.9. The predicted octanol–water partition coefficient (Wildman–Crippen LogP) is 8.52. The van der Waals surface area contributed by atoms with Crippen LogP contribution in [0.3, 0.4) is 0 Å². The van der Waals surface area contributed by atoms with Crippen LogP contribution >= 0.6 is 24.0 Å². The zero-order valence-electron chi connectivity index (χ0n) is 19.3. The van der Waals surface area contributed by atoms with Crippen molar-refractivity contribution in [3.8, 4) is 0 Å². The van der Waals surface area contributed by atoms with E-state index >= 15 is 0 Å². The Morgan fingerprint density at radius 2 is 1.00 bits per heavy atom. The molecule has 0 aliphatic carbocycles. The molecule has 3 heteroatoms. The summed E-state index contributed by atoms with van der Waals surface area (Å²) in [6.07, 6.45) is 20.2. The Morgan fingerprint density at radius 1 is 0.607 bits per heavy atom. The minimum atomic E-state index is 0. The monoisotopic (exact) mass is 505 g/mol. The molecule has 1 rings (SSSR count). The average Bonchev–Trinajstić information content (AvgIpc) is 2.62. The lowest BCUT2D eigenvalue weighted by atomic mass is 10.0. The first-order valence-corrected chi connectivity index (χ1v) is 11.5. The van der Waals surface area contributed by atoms with Gasteiger partial charge < -0.3 is 10.6 Å². The largest absolute Gasteiger partial charge is 0.344 e. The minimum absolute atomic E-state index is 0. The van der Waals surface area contributed by atoms with Gasteiger partial charge in [-0.25, -0.2) is 0 Å². The highest BCUT2D eigenvalue weighted by molar-refractivity contribution is 14.0. The number of nitrogens with zero attached hydrogens (tertiary/aromatic N) is 1. The van der Waals surface area contributed by atoms with Crippen LogP contribution in [0.5, 0.6) is 0 Å². The molecule has 0 amide bonds. The van der Waals surface area contributed by atoms with Crippen molar-refractivity contribution in [1.82, 2.24) is 6.15 Å². The molecule has 166 valence electrons. The Kier molecular flexibility index (Phi) is 21.6. The molecule has 28 heavy (non-hydrogen) atoms. The van der Waals surface area contributed by atoms with Crippen molar-refractivity contribution in [1.29, 1.82) is 0 Å². The van der Waals surface area contributed by atoms with Crippen LogP contribution in [0.4, 0.5) is 0 Å². The number of hydrogen-bond donors (Lipinski definition) is 1. The van der Waals surface area contributed by atoms with Crippen LogP contribution in [0, 0.1) is 0 Å². The van der Waals surface area contributed by atoms with Gasteiger partial charge in [-0.1, -0.05) is 114 Å². The molecule has 3 N–H and O–H groups in total. The molecule has 0 unspecified atom stereocenters. The molecule has 1 aromatic rings. The van der Waals surface area contributed by atoms with Crippen LogP contribution in [-0.2, 0) is 6.54 Å². The number of halogens is 1. The average molecular weight is 506 g/mol. The standard InChI is InChI=1S/C25H46N.HI.H3N/c1-4-5-6-7-8-9-10-11-12-13-14-15-16-20-23-26(2,3)24-25-21-18-17-19-22-25;;/h17-19,21-22H,4-16,20,23-24H2,1-3H3;1H;1H3/q+1;;. The summed E-state index contributed by atoms with van der Waals surface area (Å²) in [4.78, 5) is 0. The Hall–Kier alpha value is -0.130. The van der Waals surface area contributed by atoms with Crippen molar-refractivity contribution in [2.24, 2.45) is 0 Å². The van der Waals surface area contributed by atoms with Gasteiger partial charge in [0.2, 0.25) is 0 Å². The third kappa shape index (κ3) is 17.9. The van der Waals surface area contributed by atoms with E-state index in [0.29, 0.717) is 0 Å². The van der Waals surface area contributed by atoms with E-state index in [1.807, 2.05) is 0 Å².